The first-order chi connectivity index (χ1) is 13.7. The van der Waals surface area contributed by atoms with Gasteiger partial charge in [-0.3, -0.25) is 23.3 Å². The molecular weight excluding hydrogens is 372 g/mol. The van der Waals surface area contributed by atoms with Crippen molar-refractivity contribution >= 4 is 22.9 Å². The van der Waals surface area contributed by atoms with Gasteiger partial charge in [0.25, 0.3) is 5.56 Å². The van der Waals surface area contributed by atoms with E-state index < -0.39 is 16.7 Å². The lowest BCUT2D eigenvalue weighted by Gasteiger charge is -2.28. The Morgan fingerprint density at radius 1 is 1.17 bits per heavy atom. The Labute approximate surface area is 169 Å². The second-order valence-electron chi connectivity index (χ2n) is 8.24. The first kappa shape index (κ1) is 20.9. The summed E-state index contributed by atoms with van der Waals surface area (Å²) in [6.07, 6.45) is 0. The lowest BCUT2D eigenvalue weighted by atomic mass is 9.91. The maximum atomic E-state index is 13.0. The predicted octanol–water partition coefficient (Wildman–Crippen LogP) is -0.0552. The van der Waals surface area contributed by atoms with Gasteiger partial charge in [-0.1, -0.05) is 26.7 Å². The minimum absolute atomic E-state index is 0.105. The van der Waals surface area contributed by atoms with E-state index in [0.717, 1.165) is 30.7 Å². The molecule has 3 heterocycles. The van der Waals surface area contributed by atoms with Crippen LogP contribution < -0.4 is 21.5 Å². The molecule has 0 radical (unpaired) electrons. The van der Waals surface area contributed by atoms with E-state index in [1.54, 1.807) is 32.3 Å². The van der Waals surface area contributed by atoms with E-state index >= 15 is 0 Å². The SMILES string of the molecule is CC#CCn1c(N2CCNCC2)nc2c1c(=O)n(C)c(=O)n2CC(=O)C(C)(C)C. The molecule has 0 saturated carbocycles. The third-order valence-corrected chi connectivity index (χ3v) is 5.16. The van der Waals surface area contributed by atoms with Gasteiger partial charge < -0.3 is 10.2 Å². The van der Waals surface area contributed by atoms with E-state index in [1.807, 2.05) is 0 Å². The van der Waals surface area contributed by atoms with Crippen LogP contribution in [0.3, 0.4) is 0 Å². The Morgan fingerprint density at radius 3 is 2.41 bits per heavy atom. The predicted molar refractivity (Wildman–Crippen MR) is 112 cm³/mol. The molecule has 9 heteroatoms. The van der Waals surface area contributed by atoms with Gasteiger partial charge in [0, 0.05) is 38.6 Å². The summed E-state index contributed by atoms with van der Waals surface area (Å²) in [6.45, 7) is 10.4. The molecule has 1 saturated heterocycles. The fourth-order valence-electron chi connectivity index (χ4n) is 3.28. The van der Waals surface area contributed by atoms with Gasteiger partial charge in [-0.25, -0.2) is 4.79 Å². The number of fused-ring (bicyclic) bond motifs is 1. The van der Waals surface area contributed by atoms with Gasteiger partial charge in [0.1, 0.15) is 0 Å². The molecule has 2 aromatic heterocycles. The van der Waals surface area contributed by atoms with Crippen LogP contribution in [0.1, 0.15) is 27.7 Å². The van der Waals surface area contributed by atoms with Crippen LogP contribution in [-0.4, -0.2) is 50.6 Å². The van der Waals surface area contributed by atoms with Crippen LogP contribution in [0.2, 0.25) is 0 Å². The Balaban J connectivity index is 2.30. The van der Waals surface area contributed by atoms with E-state index in [-0.39, 0.29) is 24.5 Å². The van der Waals surface area contributed by atoms with Crippen molar-refractivity contribution in [1.82, 2.24) is 24.0 Å². The average Bonchev–Trinajstić information content (AvgIpc) is 3.07. The molecule has 0 spiro atoms. The fraction of sp³-hybridized carbons (Fsp3) is 0.600. The van der Waals surface area contributed by atoms with Crippen molar-refractivity contribution < 1.29 is 4.79 Å². The van der Waals surface area contributed by atoms with Crippen LogP contribution in [0, 0.1) is 17.3 Å². The number of ketones is 1. The van der Waals surface area contributed by atoms with Gasteiger partial charge in [-0.2, -0.15) is 4.98 Å². The number of carbonyl (C=O) groups is 1. The van der Waals surface area contributed by atoms with Crippen molar-refractivity contribution in [2.24, 2.45) is 12.5 Å². The smallest absolute Gasteiger partial charge is 0.332 e. The quantitative estimate of drug-likeness (QED) is 0.723. The molecule has 0 unspecified atom stereocenters. The third kappa shape index (κ3) is 3.85. The zero-order valence-corrected chi connectivity index (χ0v) is 17.7. The summed E-state index contributed by atoms with van der Waals surface area (Å²) in [5.41, 5.74) is -1.06. The van der Waals surface area contributed by atoms with E-state index in [1.165, 1.54) is 11.6 Å². The van der Waals surface area contributed by atoms with E-state index in [0.29, 0.717) is 11.5 Å². The number of nitrogens with one attached hydrogen (secondary N) is 1. The normalized spacial score (nSPS) is 14.7. The van der Waals surface area contributed by atoms with Crippen molar-refractivity contribution in [3.05, 3.63) is 20.8 Å². The lowest BCUT2D eigenvalue weighted by Crippen LogP contribution is -2.44. The first-order valence-corrected chi connectivity index (χ1v) is 9.75. The number of aromatic nitrogens is 4. The number of hydrogen-bond donors (Lipinski definition) is 1. The number of rotatable bonds is 4. The Kier molecular flexibility index (Phi) is 5.66. The van der Waals surface area contributed by atoms with Crippen LogP contribution in [0.15, 0.2) is 9.59 Å². The van der Waals surface area contributed by atoms with Crippen LogP contribution in [0.4, 0.5) is 5.95 Å². The molecule has 9 nitrogen and oxygen atoms in total. The standard InChI is InChI=1S/C20H28N6O3/c1-6-7-10-25-15-16(22-18(25)24-11-8-21-9-12-24)26(13-14(27)20(2,3)4)19(29)23(5)17(15)28/h21H,8-13H2,1-5H3. The van der Waals surface area contributed by atoms with E-state index in [9.17, 15) is 14.4 Å². The number of piperazine rings is 1. The van der Waals surface area contributed by atoms with E-state index in [4.69, 9.17) is 0 Å². The van der Waals surface area contributed by atoms with Crippen LogP contribution >= 0.6 is 0 Å². The lowest BCUT2D eigenvalue weighted by molar-refractivity contribution is -0.126. The van der Waals surface area contributed by atoms with Gasteiger partial charge >= 0.3 is 5.69 Å². The van der Waals surface area contributed by atoms with Crippen LogP contribution in [0.5, 0.6) is 0 Å². The van der Waals surface area contributed by atoms with E-state index in [2.05, 4.69) is 27.0 Å². The molecule has 1 N–H and O–H groups in total. The first-order valence-electron chi connectivity index (χ1n) is 9.75. The fourth-order valence-corrected chi connectivity index (χ4v) is 3.28. The highest BCUT2D eigenvalue weighted by Crippen LogP contribution is 2.21. The topological polar surface area (TPSA) is 94.2 Å². The van der Waals surface area contributed by atoms with Gasteiger partial charge in [-0.05, 0) is 6.92 Å². The van der Waals surface area contributed by atoms with Gasteiger partial charge in [0.15, 0.2) is 16.9 Å². The third-order valence-electron chi connectivity index (χ3n) is 5.16. The summed E-state index contributed by atoms with van der Waals surface area (Å²) in [6, 6.07) is 0. The number of imidazole rings is 1. The van der Waals surface area contributed by atoms with Crippen molar-refractivity contribution in [2.45, 2.75) is 40.8 Å². The van der Waals surface area contributed by atoms with Gasteiger partial charge in [0.05, 0.1) is 13.1 Å². The summed E-state index contributed by atoms with van der Waals surface area (Å²) >= 11 is 0. The monoisotopic (exact) mass is 400 g/mol. The molecule has 0 aromatic carbocycles. The highest BCUT2D eigenvalue weighted by molar-refractivity contribution is 5.85. The highest BCUT2D eigenvalue weighted by Gasteiger charge is 2.27. The number of carbonyl (C=O) groups excluding carboxylic acids is 1. The summed E-state index contributed by atoms with van der Waals surface area (Å²) in [5, 5.41) is 3.29. The van der Waals surface area contributed by atoms with Crippen molar-refractivity contribution in [3.63, 3.8) is 0 Å². The summed E-state index contributed by atoms with van der Waals surface area (Å²) in [5.74, 6) is 6.34. The zero-order valence-electron chi connectivity index (χ0n) is 17.7. The Bertz CT molecular complexity index is 1110. The molecule has 2 aromatic rings. The minimum atomic E-state index is -0.613. The number of hydrogen-bond acceptors (Lipinski definition) is 6. The van der Waals surface area contributed by atoms with Crippen LogP contribution in [-0.2, 0) is 24.9 Å². The molecule has 29 heavy (non-hydrogen) atoms. The number of Topliss-reactive ketones (excluding diaryl/α,β-unsaturated/α-hetero) is 1. The van der Waals surface area contributed by atoms with Crippen molar-refractivity contribution in [3.8, 4) is 11.8 Å². The molecule has 1 aliphatic rings. The second kappa shape index (κ2) is 7.87. The molecule has 0 bridgehead atoms. The Hall–Kier alpha value is -2.86. The second-order valence-corrected chi connectivity index (χ2v) is 8.24. The molecule has 156 valence electrons. The average molecular weight is 400 g/mol. The summed E-state index contributed by atoms with van der Waals surface area (Å²) < 4.78 is 4.11. The number of anilines is 1. The molecule has 0 atom stereocenters. The largest absolute Gasteiger partial charge is 0.340 e. The summed E-state index contributed by atoms with van der Waals surface area (Å²) in [7, 11) is 1.43. The minimum Gasteiger partial charge on any atom is -0.340 e. The zero-order chi connectivity index (χ0) is 21.3. The van der Waals surface area contributed by atoms with Crippen LogP contribution in [0.25, 0.3) is 11.2 Å². The van der Waals surface area contributed by atoms with Crippen molar-refractivity contribution in [2.75, 3.05) is 31.1 Å². The highest BCUT2D eigenvalue weighted by atomic mass is 16.2. The molecular formula is C20H28N6O3. The van der Waals surface area contributed by atoms with Crippen molar-refractivity contribution in [1.29, 1.82) is 0 Å². The van der Waals surface area contributed by atoms with Gasteiger partial charge in [0.2, 0.25) is 5.95 Å². The summed E-state index contributed by atoms with van der Waals surface area (Å²) in [4.78, 5) is 45.3. The van der Waals surface area contributed by atoms with Gasteiger partial charge in [-0.15, -0.1) is 5.92 Å². The molecule has 1 aliphatic heterocycles. The molecule has 0 amide bonds. The Morgan fingerprint density at radius 2 is 1.83 bits per heavy atom. The maximum absolute atomic E-state index is 13.0. The molecule has 3 rings (SSSR count). The molecule has 1 fully saturated rings. The maximum Gasteiger partial charge on any atom is 0.332 e. The number of nitrogens with zero attached hydrogens (tertiary/aromatic N) is 5. The molecule has 0 aliphatic carbocycles.